The summed E-state index contributed by atoms with van der Waals surface area (Å²) in [7, 11) is 0. The van der Waals surface area contributed by atoms with E-state index in [4.69, 9.17) is 23.7 Å². The van der Waals surface area contributed by atoms with E-state index >= 15 is 0 Å². The Kier molecular flexibility index (Phi) is 7.13. The van der Waals surface area contributed by atoms with Gasteiger partial charge in [0, 0.05) is 12.0 Å². The lowest BCUT2D eigenvalue weighted by Crippen LogP contribution is -2.55. The van der Waals surface area contributed by atoms with Crippen molar-refractivity contribution in [2.45, 2.75) is 65.3 Å². The van der Waals surface area contributed by atoms with Gasteiger partial charge in [-0.25, -0.2) is 0 Å². The molecule has 0 radical (unpaired) electrons. The van der Waals surface area contributed by atoms with E-state index in [0.717, 1.165) is 12.8 Å². The Morgan fingerprint density at radius 2 is 1.55 bits per heavy atom. The smallest absolute Gasteiger partial charge is 0.233 e. The van der Waals surface area contributed by atoms with Gasteiger partial charge >= 0.3 is 0 Å². The van der Waals surface area contributed by atoms with Gasteiger partial charge in [-0.1, -0.05) is 38.9 Å². The minimum Gasteiger partial charge on any atom is -0.392 e. The molecule has 0 aromatic heterocycles. The molecular formula is C14H27N3O2S. The number of hydrogen-bond donors (Lipinski definition) is 3. The predicted molar refractivity (Wildman–Crippen MR) is 85.1 cm³/mol. The van der Waals surface area contributed by atoms with Crippen molar-refractivity contribution in [1.29, 1.82) is 0 Å². The summed E-state index contributed by atoms with van der Waals surface area (Å²) in [5, 5.41) is 2.87. The molecular weight excluding hydrogens is 274 g/mol. The van der Waals surface area contributed by atoms with Gasteiger partial charge in [-0.3, -0.25) is 9.59 Å². The van der Waals surface area contributed by atoms with Crippen LogP contribution in [0.4, 0.5) is 0 Å². The van der Waals surface area contributed by atoms with Gasteiger partial charge in [-0.05, 0) is 26.7 Å². The van der Waals surface area contributed by atoms with Crippen LogP contribution in [0.1, 0.15) is 59.8 Å². The highest BCUT2D eigenvalue weighted by molar-refractivity contribution is 7.80. The van der Waals surface area contributed by atoms with E-state index in [9.17, 15) is 9.59 Å². The second kappa shape index (κ2) is 7.57. The molecule has 0 rings (SSSR count). The Morgan fingerprint density at radius 1 is 1.10 bits per heavy atom. The lowest BCUT2D eigenvalue weighted by Gasteiger charge is -2.35. The molecule has 0 aliphatic carbocycles. The number of nitrogens with two attached hydrogens (primary N) is 2. The predicted octanol–water partition coefficient (Wildman–Crippen LogP) is 1.63. The number of rotatable bonds is 9. The summed E-state index contributed by atoms with van der Waals surface area (Å²) < 4.78 is 0. The van der Waals surface area contributed by atoms with E-state index in [2.05, 4.69) is 5.32 Å². The molecule has 0 aliphatic heterocycles. The number of carbonyl (C=O) groups excluding carboxylic acids is 2. The third-order valence-corrected chi connectivity index (χ3v) is 3.72. The van der Waals surface area contributed by atoms with E-state index < -0.39 is 16.9 Å². The van der Waals surface area contributed by atoms with Gasteiger partial charge in [0.1, 0.15) is 0 Å². The molecule has 116 valence electrons. The molecule has 0 heterocycles. The molecule has 20 heavy (non-hydrogen) atoms. The molecule has 5 nitrogen and oxygen atoms in total. The number of carbonyl (C=O) groups is 2. The van der Waals surface area contributed by atoms with Crippen molar-refractivity contribution >= 4 is 29.0 Å². The molecule has 2 amide bonds. The first kappa shape index (κ1) is 18.8. The molecule has 0 atom stereocenters. The molecule has 0 unspecified atom stereocenters. The first-order valence-corrected chi connectivity index (χ1v) is 7.43. The maximum Gasteiger partial charge on any atom is 0.233 e. The Morgan fingerprint density at radius 3 is 1.85 bits per heavy atom. The van der Waals surface area contributed by atoms with Crippen molar-refractivity contribution in [3.63, 3.8) is 0 Å². The highest BCUT2D eigenvalue weighted by atomic mass is 32.1. The van der Waals surface area contributed by atoms with Gasteiger partial charge in [0.15, 0.2) is 0 Å². The normalized spacial score (nSPS) is 12.0. The van der Waals surface area contributed by atoms with Crippen LogP contribution in [0.3, 0.4) is 0 Å². The van der Waals surface area contributed by atoms with Gasteiger partial charge in [0.05, 0.1) is 10.4 Å². The maximum absolute atomic E-state index is 12.7. The van der Waals surface area contributed by atoms with Crippen LogP contribution in [0, 0.1) is 5.41 Å². The van der Waals surface area contributed by atoms with Gasteiger partial charge in [-0.2, -0.15) is 0 Å². The van der Waals surface area contributed by atoms with Crippen molar-refractivity contribution < 1.29 is 9.59 Å². The fraction of sp³-hybridized carbons (Fsp3) is 0.786. The summed E-state index contributed by atoms with van der Waals surface area (Å²) in [5.41, 5.74) is 9.50. The Bertz CT molecular complexity index is 375. The lowest BCUT2D eigenvalue weighted by atomic mass is 9.77. The zero-order valence-electron chi connectivity index (χ0n) is 12.9. The molecule has 0 aromatic carbocycles. The average molecular weight is 301 g/mol. The lowest BCUT2D eigenvalue weighted by molar-refractivity contribution is -0.130. The zero-order chi connectivity index (χ0) is 16.0. The fourth-order valence-electron chi connectivity index (χ4n) is 2.47. The van der Waals surface area contributed by atoms with Crippen molar-refractivity contribution in [1.82, 2.24) is 5.32 Å². The second-order valence-electron chi connectivity index (χ2n) is 5.93. The van der Waals surface area contributed by atoms with Crippen LogP contribution in [0.2, 0.25) is 0 Å². The van der Waals surface area contributed by atoms with Gasteiger partial charge in [0.2, 0.25) is 11.8 Å². The van der Waals surface area contributed by atoms with Crippen molar-refractivity contribution in [2.75, 3.05) is 0 Å². The molecule has 0 aliphatic rings. The molecule has 0 saturated carbocycles. The average Bonchev–Trinajstić information content (AvgIpc) is 2.25. The van der Waals surface area contributed by atoms with Crippen LogP contribution >= 0.6 is 12.2 Å². The number of amides is 2. The minimum absolute atomic E-state index is 0.0738. The van der Waals surface area contributed by atoms with Gasteiger partial charge < -0.3 is 16.8 Å². The molecule has 0 saturated heterocycles. The SMILES string of the molecule is CCCC(CCC)(C(=O)NC(C)(C)CC(N)=O)C(N)=S. The molecule has 0 spiro atoms. The highest BCUT2D eigenvalue weighted by Gasteiger charge is 2.41. The number of thiocarbonyl (C=S) groups is 1. The zero-order valence-corrected chi connectivity index (χ0v) is 13.7. The summed E-state index contributed by atoms with van der Waals surface area (Å²) in [4.78, 5) is 23.9. The molecule has 0 bridgehead atoms. The topological polar surface area (TPSA) is 98.2 Å². The maximum atomic E-state index is 12.7. The van der Waals surface area contributed by atoms with Crippen molar-refractivity contribution in [3.8, 4) is 0 Å². The number of primary amides is 1. The van der Waals surface area contributed by atoms with Gasteiger partial charge in [0.25, 0.3) is 0 Å². The summed E-state index contributed by atoms with van der Waals surface area (Å²) in [6.45, 7) is 7.50. The van der Waals surface area contributed by atoms with Crippen LogP contribution in [0.15, 0.2) is 0 Å². The summed E-state index contributed by atoms with van der Waals surface area (Å²) in [6.07, 6.45) is 2.90. The van der Waals surface area contributed by atoms with Crippen LogP contribution in [0.25, 0.3) is 0 Å². The first-order chi connectivity index (χ1) is 9.11. The third-order valence-electron chi connectivity index (χ3n) is 3.33. The third kappa shape index (κ3) is 5.07. The quantitative estimate of drug-likeness (QED) is 0.564. The van der Waals surface area contributed by atoms with E-state index in [-0.39, 0.29) is 17.3 Å². The summed E-state index contributed by atoms with van der Waals surface area (Å²) in [6, 6.07) is 0. The molecule has 5 N–H and O–H groups in total. The molecule has 6 heteroatoms. The fourth-order valence-corrected chi connectivity index (χ4v) is 2.77. The van der Waals surface area contributed by atoms with Crippen LogP contribution in [-0.2, 0) is 9.59 Å². The number of nitrogens with one attached hydrogen (secondary N) is 1. The van der Waals surface area contributed by atoms with E-state index in [0.29, 0.717) is 12.8 Å². The van der Waals surface area contributed by atoms with Crippen molar-refractivity contribution in [3.05, 3.63) is 0 Å². The molecule has 0 aromatic rings. The standard InChI is InChI=1S/C14H27N3O2S/c1-5-7-14(8-6-2,11(16)20)12(19)17-13(3,4)9-10(15)18/h5-9H2,1-4H3,(H2,15,18)(H2,16,20)(H,17,19). The first-order valence-electron chi connectivity index (χ1n) is 7.02. The van der Waals surface area contributed by atoms with Crippen LogP contribution in [-0.4, -0.2) is 22.3 Å². The number of hydrogen-bond acceptors (Lipinski definition) is 3. The Balaban J connectivity index is 5.23. The van der Waals surface area contributed by atoms with E-state index in [1.807, 2.05) is 13.8 Å². The van der Waals surface area contributed by atoms with Crippen LogP contribution < -0.4 is 16.8 Å². The Hall–Kier alpha value is -1.17. The molecule has 0 fully saturated rings. The largest absolute Gasteiger partial charge is 0.392 e. The summed E-state index contributed by atoms with van der Waals surface area (Å²) in [5.74, 6) is -0.665. The van der Waals surface area contributed by atoms with Crippen molar-refractivity contribution in [2.24, 2.45) is 16.9 Å². The second-order valence-corrected chi connectivity index (χ2v) is 6.37. The minimum atomic E-state index is -0.840. The Labute approximate surface area is 126 Å². The van der Waals surface area contributed by atoms with Crippen LogP contribution in [0.5, 0.6) is 0 Å². The van der Waals surface area contributed by atoms with Gasteiger partial charge in [-0.15, -0.1) is 0 Å². The summed E-state index contributed by atoms with van der Waals surface area (Å²) >= 11 is 5.14. The monoisotopic (exact) mass is 301 g/mol. The van der Waals surface area contributed by atoms with E-state index in [1.54, 1.807) is 13.8 Å². The van der Waals surface area contributed by atoms with E-state index in [1.165, 1.54) is 0 Å². The highest BCUT2D eigenvalue weighted by Crippen LogP contribution is 2.32.